The monoisotopic (exact) mass is 1200 g/mol. The average Bonchev–Trinajstić information content (AvgIpc) is 1.67. The number of aromatic carboxylic acids is 1. The van der Waals surface area contributed by atoms with E-state index in [0.717, 1.165) is 21.1 Å². The zero-order chi connectivity index (χ0) is 60.4. The number of halogens is 4. The second-order valence-electron chi connectivity index (χ2n) is 20.4. The number of ether oxygens (including phenoxy) is 2. The zero-order valence-corrected chi connectivity index (χ0v) is 47.0. The number of aromatic nitrogens is 4. The van der Waals surface area contributed by atoms with Gasteiger partial charge in [0.15, 0.2) is 13.5 Å². The first kappa shape index (κ1) is 54.8. The fourth-order valence-electron chi connectivity index (χ4n) is 10.8. The molecule has 0 atom stereocenters. The molecule has 0 unspecified atom stereocenters. The first-order valence-corrected chi connectivity index (χ1v) is 29.7. The van der Waals surface area contributed by atoms with Crippen LogP contribution in [0.5, 0.6) is 11.5 Å². The summed E-state index contributed by atoms with van der Waals surface area (Å²) < 4.78 is 137. The molecule has 8 heterocycles. The molecule has 0 saturated heterocycles. The minimum Gasteiger partial charge on any atom is -0.478 e. The number of hydrogen-bond donors (Lipinski definition) is 2. The summed E-state index contributed by atoms with van der Waals surface area (Å²) in [5.74, 6) is -2.78. The molecular weight excluding hydrogens is 1160 g/mol. The molecule has 2 aliphatic rings. The van der Waals surface area contributed by atoms with Gasteiger partial charge in [-0.2, -0.15) is 0 Å². The molecule has 1 amide bonds. The third kappa shape index (κ3) is 9.16. The Morgan fingerprint density at radius 2 is 0.953 bits per heavy atom. The van der Waals surface area contributed by atoms with Crippen molar-refractivity contribution in [1.82, 2.24) is 19.1 Å². The third-order valence-electron chi connectivity index (χ3n) is 15.2. The topological polar surface area (TPSA) is 236 Å². The molecule has 0 spiro atoms. The molecule has 3 N–H and O–H groups in total. The molecule has 6 aromatic carbocycles. The molecule has 6 aromatic heterocycles. The van der Waals surface area contributed by atoms with Crippen LogP contribution < -0.4 is 23.8 Å². The Kier molecular flexibility index (Phi) is 12.8. The molecule has 18 nitrogen and oxygen atoms in total. The van der Waals surface area contributed by atoms with E-state index in [9.17, 15) is 49.1 Å². The summed E-state index contributed by atoms with van der Waals surface area (Å²) in [5, 5.41) is 11.5. The van der Waals surface area contributed by atoms with Crippen LogP contribution in [0.4, 0.5) is 28.9 Å². The number of sulfonamides is 2. The molecular formula is C62H43F4N7O11S2. The number of carboxylic acid groups (broad SMARTS) is 1. The first-order chi connectivity index (χ1) is 41.0. The van der Waals surface area contributed by atoms with Crippen LogP contribution in [0.15, 0.2) is 154 Å². The number of fused-ring (bicyclic) bond motifs is 12. The highest BCUT2D eigenvalue weighted by molar-refractivity contribution is 7.92. The smallest absolute Gasteiger partial charge is 0.340 e. The molecule has 0 bridgehead atoms. The van der Waals surface area contributed by atoms with E-state index in [2.05, 4.69) is 0 Å². The van der Waals surface area contributed by atoms with Crippen LogP contribution in [-0.4, -0.2) is 79.5 Å². The molecule has 24 heteroatoms. The minimum atomic E-state index is -3.78. The fourth-order valence-corrected chi connectivity index (χ4v) is 11.9. The first-order valence-electron chi connectivity index (χ1n) is 26.0. The van der Waals surface area contributed by atoms with E-state index in [-0.39, 0.29) is 69.9 Å². The van der Waals surface area contributed by atoms with E-state index in [1.165, 1.54) is 93.0 Å². The Hall–Kier alpha value is -10.5. The number of benzene rings is 6. The molecule has 0 saturated carbocycles. The van der Waals surface area contributed by atoms with Gasteiger partial charge in [0.1, 0.15) is 74.4 Å². The van der Waals surface area contributed by atoms with Gasteiger partial charge in [0, 0.05) is 70.0 Å². The predicted octanol–water partition coefficient (Wildman–Crippen LogP) is 12.4. The summed E-state index contributed by atoms with van der Waals surface area (Å²) in [7, 11) is -4.79. The number of anilines is 2. The van der Waals surface area contributed by atoms with Crippen LogP contribution in [0, 0.1) is 23.3 Å². The van der Waals surface area contributed by atoms with E-state index in [0.29, 0.717) is 95.1 Å². The number of nitrogens with two attached hydrogens (primary N) is 1. The van der Waals surface area contributed by atoms with Crippen LogP contribution >= 0.6 is 0 Å². The van der Waals surface area contributed by atoms with Crippen LogP contribution in [0.3, 0.4) is 0 Å². The number of amides is 1. The van der Waals surface area contributed by atoms with Gasteiger partial charge in [0.25, 0.3) is 5.91 Å². The summed E-state index contributed by atoms with van der Waals surface area (Å²) in [6.45, 7) is 0.307. The third-order valence-corrected chi connectivity index (χ3v) is 17.6. The van der Waals surface area contributed by atoms with E-state index in [4.69, 9.17) is 34.0 Å². The van der Waals surface area contributed by atoms with Gasteiger partial charge in [-0.1, -0.05) is 12.1 Å². The van der Waals surface area contributed by atoms with Crippen molar-refractivity contribution < 1.29 is 67.4 Å². The maximum Gasteiger partial charge on any atom is 0.340 e. The van der Waals surface area contributed by atoms with E-state index in [1.807, 2.05) is 0 Å². The van der Waals surface area contributed by atoms with Crippen molar-refractivity contribution in [3.63, 3.8) is 0 Å². The SMILES string of the molecule is CN(c1cc2oc(-c3ccc(F)cc3)c(C(=O)O)c2cc1-c1ccc2c(n1)-c1cc3c(F)cccc3n1CO2)S(C)(=O)=O.CN(c1cc2oc(-c3ccc(F)cc3)c(C(N)=O)c2cc1-c1ccc2c(n1)-c1cc3c(F)cccc3n1CO2)S(C)(=O)=O. The van der Waals surface area contributed by atoms with Gasteiger partial charge < -0.3 is 38.3 Å². The lowest BCUT2D eigenvalue weighted by Crippen LogP contribution is -2.25. The number of primary amides is 1. The molecule has 2 aliphatic heterocycles. The van der Waals surface area contributed by atoms with Gasteiger partial charge in [-0.05, 0) is 121 Å². The average molecular weight is 1200 g/mol. The zero-order valence-electron chi connectivity index (χ0n) is 45.4. The van der Waals surface area contributed by atoms with Crippen molar-refractivity contribution in [2.24, 2.45) is 5.73 Å². The molecule has 86 heavy (non-hydrogen) atoms. The molecule has 0 aliphatic carbocycles. The maximum atomic E-state index is 14.6. The summed E-state index contributed by atoms with van der Waals surface area (Å²) in [4.78, 5) is 34.9. The van der Waals surface area contributed by atoms with Crippen molar-refractivity contribution >= 4 is 87.0 Å². The number of rotatable bonds is 10. The summed E-state index contributed by atoms with van der Waals surface area (Å²) >= 11 is 0. The van der Waals surface area contributed by atoms with Crippen molar-refractivity contribution in [2.75, 3.05) is 35.2 Å². The lowest BCUT2D eigenvalue weighted by atomic mass is 10.0. The summed E-state index contributed by atoms with van der Waals surface area (Å²) in [6, 6.07) is 36.2. The molecule has 432 valence electrons. The van der Waals surface area contributed by atoms with Gasteiger partial charge >= 0.3 is 5.97 Å². The van der Waals surface area contributed by atoms with Gasteiger partial charge in [0.2, 0.25) is 20.0 Å². The summed E-state index contributed by atoms with van der Waals surface area (Å²) in [5.41, 5.74) is 11.8. The van der Waals surface area contributed by atoms with E-state index < -0.39 is 49.4 Å². The van der Waals surface area contributed by atoms with Crippen molar-refractivity contribution in [2.45, 2.75) is 13.5 Å². The second kappa shape index (κ2) is 20.1. The fraction of sp³-hybridized carbons (Fsp3) is 0.0968. The highest BCUT2D eigenvalue weighted by Gasteiger charge is 2.31. The van der Waals surface area contributed by atoms with E-state index >= 15 is 0 Å². The van der Waals surface area contributed by atoms with Gasteiger partial charge in [-0.15, -0.1) is 0 Å². The lowest BCUT2D eigenvalue weighted by molar-refractivity contribution is 0.0698. The predicted molar refractivity (Wildman–Crippen MR) is 315 cm³/mol. The number of carboxylic acids is 1. The largest absolute Gasteiger partial charge is 0.478 e. The molecule has 14 rings (SSSR count). The quantitative estimate of drug-likeness (QED) is 0.121. The minimum absolute atomic E-state index is 0.00838. The number of carbonyl (C=O) groups excluding carboxylic acids is 1. The van der Waals surface area contributed by atoms with Crippen LogP contribution in [0.2, 0.25) is 0 Å². The number of hydrogen-bond acceptors (Lipinski definition) is 12. The highest BCUT2D eigenvalue weighted by Crippen LogP contribution is 2.46. The molecule has 0 fully saturated rings. The number of pyridine rings is 2. The lowest BCUT2D eigenvalue weighted by Gasteiger charge is -2.23. The molecule has 0 radical (unpaired) electrons. The second-order valence-corrected chi connectivity index (χ2v) is 24.4. The normalized spacial score (nSPS) is 12.7. The van der Waals surface area contributed by atoms with Crippen molar-refractivity contribution in [3.8, 4) is 79.4 Å². The number of carbonyl (C=O) groups is 2. The van der Waals surface area contributed by atoms with Gasteiger partial charge in [-0.25, -0.2) is 49.2 Å². The van der Waals surface area contributed by atoms with Crippen LogP contribution in [-0.2, 0) is 33.5 Å². The maximum absolute atomic E-state index is 14.6. The Labute approximate surface area is 485 Å². The van der Waals surface area contributed by atoms with Crippen molar-refractivity contribution in [1.29, 1.82) is 0 Å². The Balaban J connectivity index is 0.000000160. The summed E-state index contributed by atoms with van der Waals surface area (Å²) in [6.07, 6.45) is 2.10. The Morgan fingerprint density at radius 1 is 0.547 bits per heavy atom. The number of nitrogens with zero attached hydrogens (tertiary/aromatic N) is 6. The highest BCUT2D eigenvalue weighted by atomic mass is 32.2. The molecule has 12 aromatic rings. The Morgan fingerprint density at radius 3 is 1.35 bits per heavy atom. The van der Waals surface area contributed by atoms with Crippen molar-refractivity contribution in [3.05, 3.63) is 180 Å². The van der Waals surface area contributed by atoms with Gasteiger partial charge in [0.05, 0.1) is 63.3 Å². The van der Waals surface area contributed by atoms with Crippen LogP contribution in [0.1, 0.15) is 20.7 Å². The van der Waals surface area contributed by atoms with E-state index in [1.54, 1.807) is 75.9 Å². The van der Waals surface area contributed by atoms with Crippen LogP contribution in [0.25, 0.3) is 112 Å². The Bertz CT molecular complexity index is 4800. The standard InChI is InChI=1S/C31H22F2N4O5S.C31H21F2N3O6S/c1-36(43(2,39)40)24-14-27-20(28(31(34)38)30(42-27)16-6-8-17(32)9-7-16)12-19(24)22-10-11-26-29(35-22)25-13-18-21(33)4-3-5-23(18)37(25)15-41-26;1-35(43(2,39)40)24-14-27-20(28(31(37)38)30(42-27)16-6-8-17(32)9-7-16)12-19(24)22-10-11-26-29(34-22)25-13-18-21(33)4-3-5-23(18)36(25)15-41-26/h3-14H,15H2,1-2H3,(H2,34,38);3-14H,15H2,1-2H3,(H,37,38). The van der Waals surface area contributed by atoms with Gasteiger partial charge in [-0.3, -0.25) is 13.4 Å². The number of furan rings is 2.